The van der Waals surface area contributed by atoms with Gasteiger partial charge in [-0.3, -0.25) is 0 Å². The van der Waals surface area contributed by atoms with Crippen LogP contribution in [0, 0.1) is 5.92 Å². The Hall–Kier alpha value is -0.120. The lowest BCUT2D eigenvalue weighted by Gasteiger charge is -2.11. The Labute approximate surface area is 182 Å². The van der Waals surface area contributed by atoms with Gasteiger partial charge in [0.05, 0.1) is 25.9 Å². The Morgan fingerprint density at radius 1 is 0.586 bits per heavy atom. The predicted molar refractivity (Wildman–Crippen MR) is 125 cm³/mol. The molecule has 1 saturated heterocycles. The van der Waals surface area contributed by atoms with Crippen LogP contribution in [0.25, 0.3) is 0 Å². The van der Waals surface area contributed by atoms with Crippen molar-refractivity contribution in [2.24, 2.45) is 5.92 Å². The molecular weight excluding hydrogens is 360 g/mol. The van der Waals surface area contributed by atoms with Crippen molar-refractivity contribution in [3.63, 3.8) is 0 Å². The number of rotatable bonds is 22. The van der Waals surface area contributed by atoms with E-state index in [4.69, 9.17) is 14.2 Å². The van der Waals surface area contributed by atoms with Gasteiger partial charge in [-0.1, -0.05) is 104 Å². The average molecular weight is 413 g/mol. The summed E-state index contributed by atoms with van der Waals surface area (Å²) in [7, 11) is 0. The van der Waals surface area contributed by atoms with Crippen LogP contribution in [0.3, 0.4) is 0 Å². The molecule has 29 heavy (non-hydrogen) atoms. The highest BCUT2D eigenvalue weighted by Gasteiger charge is 2.25. The van der Waals surface area contributed by atoms with Crippen LogP contribution in [-0.4, -0.2) is 39.1 Å². The van der Waals surface area contributed by atoms with Crippen molar-refractivity contribution >= 4 is 0 Å². The van der Waals surface area contributed by atoms with Gasteiger partial charge in [-0.25, -0.2) is 0 Å². The molecule has 0 aromatic rings. The van der Waals surface area contributed by atoms with Crippen molar-refractivity contribution in [3.8, 4) is 0 Å². The third-order valence-electron chi connectivity index (χ3n) is 6.11. The third kappa shape index (κ3) is 17.3. The minimum Gasteiger partial charge on any atom is -0.381 e. The highest BCUT2D eigenvalue weighted by Crippen LogP contribution is 2.20. The molecule has 0 unspecified atom stereocenters. The van der Waals surface area contributed by atoms with E-state index in [2.05, 4.69) is 13.8 Å². The third-order valence-corrected chi connectivity index (χ3v) is 6.11. The van der Waals surface area contributed by atoms with E-state index in [0.29, 0.717) is 12.0 Å². The van der Waals surface area contributed by atoms with Crippen LogP contribution in [0.15, 0.2) is 0 Å². The van der Waals surface area contributed by atoms with Crippen molar-refractivity contribution in [1.29, 1.82) is 0 Å². The van der Waals surface area contributed by atoms with Gasteiger partial charge in [0, 0.05) is 19.1 Å². The van der Waals surface area contributed by atoms with Crippen LogP contribution in [0.5, 0.6) is 0 Å². The molecule has 174 valence electrons. The molecule has 0 aliphatic carbocycles. The van der Waals surface area contributed by atoms with Crippen LogP contribution in [-0.2, 0) is 14.2 Å². The fraction of sp³-hybridized carbons (Fsp3) is 1.00. The second kappa shape index (κ2) is 21.1. The summed E-state index contributed by atoms with van der Waals surface area (Å²) in [5.41, 5.74) is 0. The van der Waals surface area contributed by atoms with Crippen molar-refractivity contribution in [1.82, 2.24) is 0 Å². The first-order valence-electron chi connectivity index (χ1n) is 13.1. The molecule has 0 radical (unpaired) electrons. The smallest absolute Gasteiger partial charge is 0.0813 e. The molecule has 0 aromatic heterocycles. The molecule has 1 aliphatic rings. The normalized spacial score (nSPS) is 19.2. The van der Waals surface area contributed by atoms with Crippen molar-refractivity contribution < 1.29 is 14.2 Å². The van der Waals surface area contributed by atoms with Gasteiger partial charge in [0.15, 0.2) is 0 Å². The monoisotopic (exact) mass is 412 g/mol. The zero-order chi connectivity index (χ0) is 20.8. The van der Waals surface area contributed by atoms with Gasteiger partial charge in [0.2, 0.25) is 0 Å². The molecule has 1 rings (SSSR count). The molecule has 0 N–H and O–H groups in total. The molecule has 0 bridgehead atoms. The first kappa shape index (κ1) is 26.9. The number of hydrogen-bond donors (Lipinski definition) is 0. The van der Waals surface area contributed by atoms with Crippen LogP contribution >= 0.6 is 0 Å². The van der Waals surface area contributed by atoms with E-state index in [0.717, 1.165) is 39.5 Å². The Kier molecular flexibility index (Phi) is 19.6. The maximum absolute atomic E-state index is 5.91. The molecule has 1 fully saturated rings. The SMILES string of the molecule is CCCCCCCCCCCCCCOC[C@H]1CO[C@H](COCCCCCC)C1. The van der Waals surface area contributed by atoms with Gasteiger partial charge in [-0.2, -0.15) is 0 Å². The zero-order valence-electron chi connectivity index (χ0n) is 19.9. The fourth-order valence-corrected chi connectivity index (χ4v) is 4.15. The highest BCUT2D eigenvalue weighted by atomic mass is 16.5. The lowest BCUT2D eigenvalue weighted by Crippen LogP contribution is -2.15. The number of hydrogen-bond acceptors (Lipinski definition) is 3. The topological polar surface area (TPSA) is 27.7 Å². The lowest BCUT2D eigenvalue weighted by atomic mass is 10.1. The van der Waals surface area contributed by atoms with Crippen LogP contribution < -0.4 is 0 Å². The lowest BCUT2D eigenvalue weighted by molar-refractivity contribution is 0.0141. The second-order valence-corrected chi connectivity index (χ2v) is 9.16. The Morgan fingerprint density at radius 2 is 1.03 bits per heavy atom. The van der Waals surface area contributed by atoms with E-state index in [-0.39, 0.29) is 0 Å². The van der Waals surface area contributed by atoms with Gasteiger partial charge in [-0.05, 0) is 19.3 Å². The maximum atomic E-state index is 5.91. The Morgan fingerprint density at radius 3 is 1.59 bits per heavy atom. The molecule has 2 atom stereocenters. The minimum absolute atomic E-state index is 0.293. The van der Waals surface area contributed by atoms with Gasteiger partial charge in [-0.15, -0.1) is 0 Å². The van der Waals surface area contributed by atoms with E-state index in [9.17, 15) is 0 Å². The molecule has 0 aromatic carbocycles. The van der Waals surface area contributed by atoms with E-state index < -0.39 is 0 Å². The zero-order valence-corrected chi connectivity index (χ0v) is 19.9. The summed E-state index contributed by atoms with van der Waals surface area (Å²) in [5.74, 6) is 0.570. The standard InChI is InChI=1S/C26H52O3/c1-3-5-7-9-10-11-12-13-14-15-16-18-19-27-22-25-21-26(29-23-25)24-28-20-17-8-6-4-2/h25-26H,3-24H2,1-2H3/t25-,26-/m0/s1. The molecule has 3 heteroatoms. The molecule has 1 heterocycles. The maximum Gasteiger partial charge on any atom is 0.0813 e. The summed E-state index contributed by atoms with van der Waals surface area (Å²) in [5, 5.41) is 0. The Balaban J connectivity index is 1.76. The second-order valence-electron chi connectivity index (χ2n) is 9.16. The minimum atomic E-state index is 0.293. The summed E-state index contributed by atoms with van der Waals surface area (Å²) in [6.45, 7) is 8.82. The van der Waals surface area contributed by atoms with Crippen LogP contribution in [0.1, 0.15) is 123 Å². The van der Waals surface area contributed by atoms with Crippen molar-refractivity contribution in [2.75, 3.05) is 33.0 Å². The summed E-state index contributed by atoms with van der Waals surface area (Å²) >= 11 is 0. The molecular formula is C26H52O3. The average Bonchev–Trinajstić information content (AvgIpc) is 3.18. The largest absolute Gasteiger partial charge is 0.381 e. The highest BCUT2D eigenvalue weighted by molar-refractivity contribution is 4.73. The fourth-order valence-electron chi connectivity index (χ4n) is 4.15. The van der Waals surface area contributed by atoms with Gasteiger partial charge in [0.1, 0.15) is 0 Å². The first-order chi connectivity index (χ1) is 14.4. The van der Waals surface area contributed by atoms with E-state index in [1.807, 2.05) is 0 Å². The summed E-state index contributed by atoms with van der Waals surface area (Å²) < 4.78 is 17.5. The van der Waals surface area contributed by atoms with Crippen molar-refractivity contribution in [3.05, 3.63) is 0 Å². The van der Waals surface area contributed by atoms with Crippen LogP contribution in [0.4, 0.5) is 0 Å². The van der Waals surface area contributed by atoms with Gasteiger partial charge in [0.25, 0.3) is 0 Å². The molecule has 1 aliphatic heterocycles. The summed E-state index contributed by atoms with van der Waals surface area (Å²) in [6, 6.07) is 0. The number of ether oxygens (including phenoxy) is 3. The van der Waals surface area contributed by atoms with Crippen molar-refractivity contribution in [2.45, 2.75) is 129 Å². The van der Waals surface area contributed by atoms with Gasteiger partial charge >= 0.3 is 0 Å². The Bertz CT molecular complexity index is 321. The molecule has 0 saturated carbocycles. The predicted octanol–water partition coefficient (Wildman–Crippen LogP) is 7.71. The molecule has 0 spiro atoms. The molecule has 3 nitrogen and oxygen atoms in total. The quantitative estimate of drug-likeness (QED) is 0.170. The van der Waals surface area contributed by atoms with Crippen LogP contribution in [0.2, 0.25) is 0 Å². The number of unbranched alkanes of at least 4 members (excludes halogenated alkanes) is 14. The van der Waals surface area contributed by atoms with E-state index >= 15 is 0 Å². The van der Waals surface area contributed by atoms with Gasteiger partial charge < -0.3 is 14.2 Å². The van der Waals surface area contributed by atoms with E-state index in [1.165, 1.54) is 103 Å². The van der Waals surface area contributed by atoms with E-state index in [1.54, 1.807) is 0 Å². The molecule has 0 amide bonds. The first-order valence-corrected chi connectivity index (χ1v) is 13.1. The summed E-state index contributed by atoms with van der Waals surface area (Å²) in [6.07, 6.45) is 23.2. The summed E-state index contributed by atoms with van der Waals surface area (Å²) in [4.78, 5) is 0.